The Morgan fingerprint density at radius 1 is 0.941 bits per heavy atom. The fourth-order valence-electron chi connectivity index (χ4n) is 1.47. The summed E-state index contributed by atoms with van der Waals surface area (Å²) in [5.74, 6) is -0.250. The van der Waals surface area contributed by atoms with Crippen LogP contribution in [0.25, 0.3) is 6.08 Å². The third kappa shape index (κ3) is 3.11. The molecule has 0 bridgehead atoms. The Balaban J connectivity index is 2.11. The molecule has 1 nitrogen and oxygen atoms in total. The summed E-state index contributed by atoms with van der Waals surface area (Å²) in [6, 6.07) is 15.7. The topological polar surface area (TPSA) is 23.9 Å². The normalized spacial score (nSPS) is 10.6. The van der Waals surface area contributed by atoms with Crippen molar-refractivity contribution < 1.29 is 4.39 Å². The maximum absolute atomic E-state index is 12.7. The third-order valence-corrected chi connectivity index (χ3v) is 2.40. The van der Waals surface area contributed by atoms with Crippen molar-refractivity contribution in [3.63, 3.8) is 0 Å². The minimum atomic E-state index is -0.250. The zero-order valence-electron chi connectivity index (χ0n) is 9.23. The molecule has 0 aliphatic carbocycles. The second kappa shape index (κ2) is 5.21. The molecular formula is C15H12FN. The van der Waals surface area contributed by atoms with E-state index in [4.69, 9.17) is 5.41 Å². The summed E-state index contributed by atoms with van der Waals surface area (Å²) < 4.78 is 12.7. The molecule has 0 amide bonds. The Labute approximate surface area is 99.7 Å². The van der Waals surface area contributed by atoms with Crippen LogP contribution < -0.4 is 0 Å². The number of hydrogen-bond donors (Lipinski definition) is 1. The van der Waals surface area contributed by atoms with Crippen LogP contribution in [0.15, 0.2) is 60.7 Å². The van der Waals surface area contributed by atoms with Gasteiger partial charge in [-0.15, -0.1) is 0 Å². The van der Waals surface area contributed by atoms with Crippen LogP contribution in [0.2, 0.25) is 0 Å². The van der Waals surface area contributed by atoms with Gasteiger partial charge in [0.15, 0.2) is 0 Å². The number of allylic oxidation sites excluding steroid dienone is 1. The van der Waals surface area contributed by atoms with Gasteiger partial charge in [0.2, 0.25) is 0 Å². The Morgan fingerprint density at radius 2 is 1.59 bits per heavy atom. The average Bonchev–Trinajstić information content (AvgIpc) is 2.39. The van der Waals surface area contributed by atoms with Gasteiger partial charge in [-0.25, -0.2) is 4.39 Å². The van der Waals surface area contributed by atoms with Gasteiger partial charge in [0.1, 0.15) is 5.82 Å². The van der Waals surface area contributed by atoms with E-state index < -0.39 is 0 Å². The minimum absolute atomic E-state index is 0.250. The lowest BCUT2D eigenvalue weighted by Gasteiger charge is -1.97. The van der Waals surface area contributed by atoms with Crippen LogP contribution in [0.1, 0.15) is 11.1 Å². The molecule has 2 heteroatoms. The lowest BCUT2D eigenvalue weighted by Crippen LogP contribution is -1.92. The van der Waals surface area contributed by atoms with E-state index in [-0.39, 0.29) is 5.82 Å². The second-order valence-electron chi connectivity index (χ2n) is 3.66. The predicted octanol–water partition coefficient (Wildman–Crippen LogP) is 3.91. The molecule has 0 radical (unpaired) electrons. The maximum atomic E-state index is 12.7. The summed E-state index contributed by atoms with van der Waals surface area (Å²) >= 11 is 0. The number of rotatable bonds is 3. The van der Waals surface area contributed by atoms with E-state index in [0.717, 1.165) is 11.1 Å². The van der Waals surface area contributed by atoms with E-state index in [2.05, 4.69) is 0 Å². The van der Waals surface area contributed by atoms with Gasteiger partial charge in [-0.2, -0.15) is 0 Å². The summed E-state index contributed by atoms with van der Waals surface area (Å²) in [6.07, 6.45) is 3.51. The monoisotopic (exact) mass is 225 g/mol. The molecule has 2 rings (SSSR count). The van der Waals surface area contributed by atoms with Crippen LogP contribution in [0.4, 0.5) is 4.39 Å². The Hall–Kier alpha value is -2.22. The number of halogens is 1. The quantitative estimate of drug-likeness (QED) is 0.766. The van der Waals surface area contributed by atoms with Crippen LogP contribution in [-0.4, -0.2) is 5.71 Å². The van der Waals surface area contributed by atoms with Gasteiger partial charge in [-0.1, -0.05) is 48.5 Å². The molecule has 0 spiro atoms. The van der Waals surface area contributed by atoms with E-state index in [1.54, 1.807) is 24.3 Å². The molecule has 0 atom stereocenters. The lowest BCUT2D eigenvalue weighted by molar-refractivity contribution is 0.628. The molecule has 0 saturated carbocycles. The van der Waals surface area contributed by atoms with Crippen molar-refractivity contribution in [3.8, 4) is 0 Å². The second-order valence-corrected chi connectivity index (χ2v) is 3.66. The van der Waals surface area contributed by atoms with Crippen molar-refractivity contribution >= 4 is 11.8 Å². The van der Waals surface area contributed by atoms with E-state index in [1.165, 1.54) is 12.1 Å². The molecule has 0 fully saturated rings. The van der Waals surface area contributed by atoms with Gasteiger partial charge in [-0.3, -0.25) is 0 Å². The molecular weight excluding hydrogens is 213 g/mol. The molecule has 2 aromatic carbocycles. The van der Waals surface area contributed by atoms with Crippen LogP contribution in [0.5, 0.6) is 0 Å². The molecule has 17 heavy (non-hydrogen) atoms. The van der Waals surface area contributed by atoms with E-state index in [9.17, 15) is 4.39 Å². The molecule has 0 unspecified atom stereocenters. The Morgan fingerprint density at radius 3 is 2.24 bits per heavy atom. The average molecular weight is 225 g/mol. The fraction of sp³-hybridized carbons (Fsp3) is 0. The minimum Gasteiger partial charge on any atom is -0.300 e. The van der Waals surface area contributed by atoms with Gasteiger partial charge in [0, 0.05) is 0 Å². The van der Waals surface area contributed by atoms with Gasteiger partial charge in [0.05, 0.1) is 5.71 Å². The van der Waals surface area contributed by atoms with Crippen molar-refractivity contribution in [1.29, 1.82) is 5.41 Å². The zero-order valence-corrected chi connectivity index (χ0v) is 9.23. The van der Waals surface area contributed by atoms with Crippen LogP contribution in [0, 0.1) is 11.2 Å². The maximum Gasteiger partial charge on any atom is 0.123 e. The van der Waals surface area contributed by atoms with Gasteiger partial charge in [0.25, 0.3) is 0 Å². The third-order valence-electron chi connectivity index (χ3n) is 2.40. The Kier molecular flexibility index (Phi) is 3.46. The summed E-state index contributed by atoms with van der Waals surface area (Å²) in [5.41, 5.74) is 2.19. The zero-order chi connectivity index (χ0) is 12.1. The van der Waals surface area contributed by atoms with Crippen molar-refractivity contribution in [1.82, 2.24) is 0 Å². The van der Waals surface area contributed by atoms with Crippen molar-refractivity contribution in [2.24, 2.45) is 0 Å². The van der Waals surface area contributed by atoms with Gasteiger partial charge < -0.3 is 5.41 Å². The fourth-order valence-corrected chi connectivity index (χ4v) is 1.47. The highest BCUT2D eigenvalue weighted by Crippen LogP contribution is 2.07. The first-order chi connectivity index (χ1) is 8.25. The van der Waals surface area contributed by atoms with E-state index in [0.29, 0.717) is 5.71 Å². The summed E-state index contributed by atoms with van der Waals surface area (Å²) in [6.45, 7) is 0. The van der Waals surface area contributed by atoms with Crippen LogP contribution in [-0.2, 0) is 0 Å². The number of benzene rings is 2. The molecule has 0 aliphatic rings. The van der Waals surface area contributed by atoms with Crippen molar-refractivity contribution in [3.05, 3.63) is 77.6 Å². The molecule has 0 heterocycles. The molecule has 2 aromatic rings. The first kappa shape index (κ1) is 11.3. The first-order valence-corrected chi connectivity index (χ1v) is 5.33. The lowest BCUT2D eigenvalue weighted by atomic mass is 10.1. The van der Waals surface area contributed by atoms with Crippen molar-refractivity contribution in [2.75, 3.05) is 0 Å². The number of hydrogen-bond acceptors (Lipinski definition) is 1. The van der Waals surface area contributed by atoms with Crippen LogP contribution in [0.3, 0.4) is 0 Å². The van der Waals surface area contributed by atoms with E-state index in [1.807, 2.05) is 30.3 Å². The highest BCUT2D eigenvalue weighted by atomic mass is 19.1. The largest absolute Gasteiger partial charge is 0.300 e. The van der Waals surface area contributed by atoms with E-state index >= 15 is 0 Å². The predicted molar refractivity (Wildman–Crippen MR) is 68.7 cm³/mol. The molecule has 0 aromatic heterocycles. The smallest absolute Gasteiger partial charge is 0.123 e. The first-order valence-electron chi connectivity index (χ1n) is 5.33. The summed E-state index contributed by atoms with van der Waals surface area (Å²) in [4.78, 5) is 0. The molecule has 0 saturated heterocycles. The summed E-state index contributed by atoms with van der Waals surface area (Å²) in [7, 11) is 0. The van der Waals surface area contributed by atoms with Gasteiger partial charge >= 0.3 is 0 Å². The summed E-state index contributed by atoms with van der Waals surface area (Å²) in [5, 5.41) is 7.86. The highest BCUT2D eigenvalue weighted by Gasteiger charge is 1.95. The Bertz CT molecular complexity index is 527. The highest BCUT2D eigenvalue weighted by molar-refractivity contribution is 6.08. The molecule has 84 valence electrons. The van der Waals surface area contributed by atoms with Crippen molar-refractivity contribution in [2.45, 2.75) is 0 Å². The van der Waals surface area contributed by atoms with Crippen LogP contribution >= 0.6 is 0 Å². The van der Waals surface area contributed by atoms with Gasteiger partial charge in [-0.05, 0) is 29.3 Å². The molecule has 1 N–H and O–H groups in total. The molecule has 0 aliphatic heterocycles. The standard InChI is InChI=1S/C15H12FN/c16-14-9-6-12(7-10-14)8-11-15(17)13-4-2-1-3-5-13/h1-11,17H/b11-8+,17-15?. The SMILES string of the molecule is N=C(/C=C/c1ccc(F)cc1)c1ccccc1. The number of nitrogens with one attached hydrogen (secondary N) is 1.